The Labute approximate surface area is 119 Å². The summed E-state index contributed by atoms with van der Waals surface area (Å²) in [6.45, 7) is 0. The second-order valence-electron chi connectivity index (χ2n) is 3.55. The third-order valence-electron chi connectivity index (χ3n) is 2.38. The van der Waals surface area contributed by atoms with E-state index >= 15 is 0 Å². The number of nitrogens with zero attached hydrogens (tertiary/aromatic N) is 2. The summed E-state index contributed by atoms with van der Waals surface area (Å²) in [6, 6.07) is 13.2. The zero-order chi connectivity index (χ0) is 13.0. The van der Waals surface area contributed by atoms with Gasteiger partial charge in [0.15, 0.2) is 0 Å². The van der Waals surface area contributed by atoms with E-state index in [0.29, 0.717) is 10.6 Å². The van der Waals surface area contributed by atoms with E-state index in [1.165, 1.54) is 0 Å². The molecule has 0 aliphatic heterocycles. The number of halogens is 2. The van der Waals surface area contributed by atoms with Crippen molar-refractivity contribution in [2.45, 2.75) is 0 Å². The van der Waals surface area contributed by atoms with Gasteiger partial charge in [-0.05, 0) is 35.4 Å². The summed E-state index contributed by atoms with van der Waals surface area (Å²) in [6.07, 6.45) is 3.27. The molecule has 1 aromatic heterocycles. The second kappa shape index (κ2) is 5.81. The van der Waals surface area contributed by atoms with Gasteiger partial charge in [0.1, 0.15) is 6.07 Å². The fraction of sp³-hybridized carbons (Fsp3) is 0. The molecule has 0 N–H and O–H groups in total. The first-order chi connectivity index (χ1) is 8.72. The Hall–Kier alpha value is -1.63. The molecular weight excluding hydrogens is 312 g/mol. The predicted molar refractivity (Wildman–Crippen MR) is 76.7 cm³/mol. The molecule has 1 heterocycles. The highest BCUT2D eigenvalue weighted by atomic mass is 79.9. The molecule has 2 nitrogen and oxygen atoms in total. The number of hydrogen-bond acceptors (Lipinski definition) is 2. The van der Waals surface area contributed by atoms with Crippen molar-refractivity contribution in [1.82, 2.24) is 4.98 Å². The van der Waals surface area contributed by atoms with Gasteiger partial charge in [0.25, 0.3) is 0 Å². The van der Waals surface area contributed by atoms with E-state index < -0.39 is 0 Å². The first-order valence-corrected chi connectivity index (χ1v) is 6.35. The molecule has 0 bridgehead atoms. The molecule has 18 heavy (non-hydrogen) atoms. The summed E-state index contributed by atoms with van der Waals surface area (Å²) in [7, 11) is 0. The molecule has 2 rings (SSSR count). The van der Waals surface area contributed by atoms with Crippen LogP contribution in [0.15, 0.2) is 53.3 Å². The van der Waals surface area contributed by atoms with E-state index in [4.69, 9.17) is 11.6 Å². The Kier molecular flexibility index (Phi) is 4.14. The average Bonchev–Trinajstić information content (AvgIpc) is 2.41. The van der Waals surface area contributed by atoms with Crippen LogP contribution in [0.5, 0.6) is 0 Å². The van der Waals surface area contributed by atoms with E-state index in [1.54, 1.807) is 24.5 Å². The van der Waals surface area contributed by atoms with Gasteiger partial charge in [0.2, 0.25) is 0 Å². The van der Waals surface area contributed by atoms with Gasteiger partial charge >= 0.3 is 0 Å². The van der Waals surface area contributed by atoms with Gasteiger partial charge in [-0.25, -0.2) is 0 Å². The summed E-state index contributed by atoms with van der Waals surface area (Å²) >= 11 is 9.68. The average molecular weight is 320 g/mol. The molecule has 0 saturated heterocycles. The third kappa shape index (κ3) is 2.79. The van der Waals surface area contributed by atoms with Gasteiger partial charge in [0, 0.05) is 16.9 Å². The minimum absolute atomic E-state index is 0.435. The van der Waals surface area contributed by atoms with Crippen LogP contribution in [0, 0.1) is 11.3 Å². The molecule has 0 unspecified atom stereocenters. The van der Waals surface area contributed by atoms with Crippen LogP contribution >= 0.6 is 27.5 Å². The van der Waals surface area contributed by atoms with Crippen molar-refractivity contribution >= 4 is 38.1 Å². The fourth-order valence-corrected chi connectivity index (χ4v) is 2.20. The van der Waals surface area contributed by atoms with E-state index in [0.717, 1.165) is 15.6 Å². The molecule has 0 spiro atoms. The van der Waals surface area contributed by atoms with Gasteiger partial charge in [-0.3, -0.25) is 4.98 Å². The lowest BCUT2D eigenvalue weighted by Crippen LogP contribution is -1.86. The summed E-state index contributed by atoms with van der Waals surface area (Å²) in [5, 5.41) is 9.69. The van der Waals surface area contributed by atoms with Crippen molar-refractivity contribution < 1.29 is 0 Å². The third-order valence-corrected chi connectivity index (χ3v) is 3.28. The van der Waals surface area contributed by atoms with Crippen LogP contribution in [0.2, 0.25) is 0 Å². The Morgan fingerprint density at radius 1 is 1.17 bits per heavy atom. The molecule has 0 fully saturated rings. The van der Waals surface area contributed by atoms with Gasteiger partial charge in [-0.15, -0.1) is 0 Å². The Morgan fingerprint density at radius 3 is 2.50 bits per heavy atom. The van der Waals surface area contributed by atoms with Crippen molar-refractivity contribution in [3.05, 3.63) is 64.4 Å². The van der Waals surface area contributed by atoms with Crippen molar-refractivity contribution in [3.63, 3.8) is 0 Å². The molecule has 0 aliphatic carbocycles. The quantitative estimate of drug-likeness (QED) is 0.766. The highest BCUT2D eigenvalue weighted by molar-refractivity contribution is 9.10. The largest absolute Gasteiger partial charge is 0.265 e. The number of pyridine rings is 1. The van der Waals surface area contributed by atoms with Crippen molar-refractivity contribution in [2.75, 3.05) is 0 Å². The van der Waals surface area contributed by atoms with Gasteiger partial charge < -0.3 is 0 Å². The first kappa shape index (κ1) is 12.8. The van der Waals surface area contributed by atoms with Crippen LogP contribution in [0.3, 0.4) is 0 Å². The molecule has 2 aromatic rings. The van der Waals surface area contributed by atoms with Crippen LogP contribution in [0.25, 0.3) is 10.6 Å². The Bertz CT molecular complexity index is 630. The van der Waals surface area contributed by atoms with Crippen LogP contribution in [0.1, 0.15) is 11.1 Å². The monoisotopic (exact) mass is 318 g/mol. The molecule has 0 atom stereocenters. The smallest absolute Gasteiger partial charge is 0.101 e. The Morgan fingerprint density at radius 2 is 1.89 bits per heavy atom. The zero-order valence-corrected chi connectivity index (χ0v) is 11.6. The van der Waals surface area contributed by atoms with E-state index in [1.807, 2.05) is 24.3 Å². The number of hydrogen-bond donors (Lipinski definition) is 0. The maximum atomic E-state index is 9.26. The predicted octanol–water partition coefficient (Wildman–Crippen LogP) is 4.47. The standard InChI is InChI=1S/C14H8BrClN2/c15-12-3-1-2-11(8-12)14(16)13(9-17)10-4-6-18-7-5-10/h1-8H/b14-13-. The van der Waals surface area contributed by atoms with E-state index in [-0.39, 0.29) is 0 Å². The minimum atomic E-state index is 0.435. The lowest BCUT2D eigenvalue weighted by atomic mass is 10.1. The minimum Gasteiger partial charge on any atom is -0.265 e. The van der Waals surface area contributed by atoms with Crippen molar-refractivity contribution in [2.24, 2.45) is 0 Å². The van der Waals surface area contributed by atoms with Crippen LogP contribution in [-0.4, -0.2) is 4.98 Å². The summed E-state index contributed by atoms with van der Waals surface area (Å²) < 4.78 is 0.921. The van der Waals surface area contributed by atoms with Gasteiger partial charge in [-0.2, -0.15) is 5.26 Å². The zero-order valence-electron chi connectivity index (χ0n) is 9.27. The maximum Gasteiger partial charge on any atom is 0.101 e. The van der Waals surface area contributed by atoms with Crippen molar-refractivity contribution in [1.29, 1.82) is 5.26 Å². The van der Waals surface area contributed by atoms with Crippen LogP contribution < -0.4 is 0 Å². The number of aromatic nitrogens is 1. The highest BCUT2D eigenvalue weighted by Crippen LogP contribution is 2.30. The number of rotatable bonds is 2. The second-order valence-corrected chi connectivity index (χ2v) is 4.84. The van der Waals surface area contributed by atoms with Crippen LogP contribution in [0.4, 0.5) is 0 Å². The van der Waals surface area contributed by atoms with E-state index in [2.05, 4.69) is 27.0 Å². The van der Waals surface area contributed by atoms with Gasteiger partial charge in [0.05, 0.1) is 10.6 Å². The molecule has 88 valence electrons. The molecule has 0 saturated carbocycles. The normalized spacial score (nSPS) is 11.6. The SMILES string of the molecule is N#C/C(=C(/Cl)c1cccc(Br)c1)c1ccncc1. The lowest BCUT2D eigenvalue weighted by molar-refractivity contribution is 1.32. The Balaban J connectivity index is 2.55. The summed E-state index contributed by atoms with van der Waals surface area (Å²) in [5.74, 6) is 0. The molecule has 1 aromatic carbocycles. The van der Waals surface area contributed by atoms with Crippen molar-refractivity contribution in [3.8, 4) is 6.07 Å². The van der Waals surface area contributed by atoms with Crippen LogP contribution in [-0.2, 0) is 0 Å². The lowest BCUT2D eigenvalue weighted by Gasteiger charge is -2.04. The number of benzene rings is 1. The molecule has 4 heteroatoms. The molecule has 0 amide bonds. The number of nitriles is 1. The van der Waals surface area contributed by atoms with E-state index in [9.17, 15) is 5.26 Å². The maximum absolute atomic E-state index is 9.26. The molecular formula is C14H8BrClN2. The first-order valence-electron chi connectivity index (χ1n) is 5.18. The summed E-state index contributed by atoms with van der Waals surface area (Å²) in [4.78, 5) is 3.93. The molecule has 0 aliphatic rings. The highest BCUT2D eigenvalue weighted by Gasteiger charge is 2.09. The number of allylic oxidation sites excluding steroid dienone is 1. The topological polar surface area (TPSA) is 36.7 Å². The summed E-state index contributed by atoms with van der Waals surface area (Å²) in [5.41, 5.74) is 2.01. The fourth-order valence-electron chi connectivity index (χ4n) is 1.53. The molecule has 0 radical (unpaired) electrons. The van der Waals surface area contributed by atoms with Gasteiger partial charge in [-0.1, -0.05) is 39.7 Å².